The first kappa shape index (κ1) is 17.6. The molecule has 1 amide bonds. The number of hydrogen-bond donors (Lipinski definition) is 1. The Morgan fingerprint density at radius 3 is 2.68 bits per heavy atom. The lowest BCUT2D eigenvalue weighted by Gasteiger charge is -2.23. The Morgan fingerprint density at radius 1 is 1.24 bits per heavy atom. The van der Waals surface area contributed by atoms with Gasteiger partial charge in [-0.1, -0.05) is 17.7 Å². The summed E-state index contributed by atoms with van der Waals surface area (Å²) >= 11 is 0. The molecule has 25 heavy (non-hydrogen) atoms. The van der Waals surface area contributed by atoms with Gasteiger partial charge in [-0.2, -0.15) is 0 Å². The van der Waals surface area contributed by atoms with Gasteiger partial charge in [0, 0.05) is 31.0 Å². The number of rotatable bonds is 7. The molecule has 0 bridgehead atoms. The Balaban J connectivity index is 1.43. The number of aromatic nitrogens is 2. The maximum atomic E-state index is 12.0. The summed E-state index contributed by atoms with van der Waals surface area (Å²) < 4.78 is 5.66. The van der Waals surface area contributed by atoms with Crippen LogP contribution < -0.4 is 5.32 Å². The highest BCUT2D eigenvalue weighted by Crippen LogP contribution is 2.18. The van der Waals surface area contributed by atoms with E-state index in [4.69, 9.17) is 4.42 Å². The van der Waals surface area contributed by atoms with Crippen molar-refractivity contribution in [3.63, 3.8) is 0 Å². The molecule has 6 heteroatoms. The number of likely N-dealkylation sites (tertiary alicyclic amines) is 1. The number of carbonyl (C=O) groups excluding carboxylic acids is 1. The van der Waals surface area contributed by atoms with Gasteiger partial charge in [-0.15, -0.1) is 10.2 Å². The normalized spacial score (nSPS) is 16.1. The number of carbonyl (C=O) groups is 1. The van der Waals surface area contributed by atoms with Gasteiger partial charge in [0.05, 0.1) is 0 Å². The predicted molar refractivity (Wildman–Crippen MR) is 96.1 cm³/mol. The average Bonchev–Trinajstić information content (AvgIpc) is 3.30. The molecule has 2 aromatic rings. The van der Waals surface area contributed by atoms with Gasteiger partial charge >= 0.3 is 0 Å². The third-order valence-electron chi connectivity index (χ3n) is 4.69. The molecule has 0 spiro atoms. The predicted octanol–water partition coefficient (Wildman–Crippen LogP) is 2.58. The molecule has 2 heterocycles. The van der Waals surface area contributed by atoms with Gasteiger partial charge in [-0.3, -0.25) is 9.69 Å². The standard InChI is InChI=1S/C19H26N4O2/c1-14-5-7-16(8-6-14)19-22-21-18(25-19)10-9-17(24)20-13-15(2)23-11-3-4-12-23/h5-8,15H,3-4,9-13H2,1-2H3,(H,20,24)/t15-/m1/s1. The SMILES string of the molecule is Cc1ccc(-c2nnc(CCC(=O)NC[C@@H](C)N3CCCC3)o2)cc1. The van der Waals surface area contributed by atoms with Gasteiger partial charge < -0.3 is 9.73 Å². The van der Waals surface area contributed by atoms with Crippen molar-refractivity contribution in [3.05, 3.63) is 35.7 Å². The van der Waals surface area contributed by atoms with E-state index in [1.807, 2.05) is 31.2 Å². The molecule has 1 aliphatic rings. The summed E-state index contributed by atoms with van der Waals surface area (Å²) in [6, 6.07) is 8.32. The molecule has 134 valence electrons. The van der Waals surface area contributed by atoms with Gasteiger partial charge in [0.1, 0.15) is 0 Å². The zero-order valence-electron chi connectivity index (χ0n) is 15.0. The second kappa shape index (κ2) is 8.25. The van der Waals surface area contributed by atoms with E-state index in [0.717, 1.165) is 18.7 Å². The maximum absolute atomic E-state index is 12.0. The lowest BCUT2D eigenvalue weighted by atomic mass is 10.1. The average molecular weight is 342 g/mol. The highest BCUT2D eigenvalue weighted by Gasteiger charge is 2.18. The number of nitrogens with zero attached hydrogens (tertiary/aromatic N) is 3. The van der Waals surface area contributed by atoms with Crippen molar-refractivity contribution in [2.75, 3.05) is 19.6 Å². The molecule has 0 unspecified atom stereocenters. The molecule has 0 aliphatic carbocycles. The smallest absolute Gasteiger partial charge is 0.247 e. The molecule has 6 nitrogen and oxygen atoms in total. The lowest BCUT2D eigenvalue weighted by Crippen LogP contribution is -2.40. The second-order valence-corrected chi connectivity index (χ2v) is 6.76. The Kier molecular flexibility index (Phi) is 5.81. The topological polar surface area (TPSA) is 71.3 Å². The van der Waals surface area contributed by atoms with Crippen molar-refractivity contribution in [2.24, 2.45) is 0 Å². The molecule has 1 atom stereocenters. The first-order valence-electron chi connectivity index (χ1n) is 9.02. The summed E-state index contributed by atoms with van der Waals surface area (Å²) in [5.41, 5.74) is 2.08. The van der Waals surface area contributed by atoms with Gasteiger partial charge in [0.25, 0.3) is 0 Å². The third-order valence-corrected chi connectivity index (χ3v) is 4.69. The van der Waals surface area contributed by atoms with Crippen molar-refractivity contribution < 1.29 is 9.21 Å². The molecular weight excluding hydrogens is 316 g/mol. The minimum Gasteiger partial charge on any atom is -0.421 e. The van der Waals surface area contributed by atoms with Crippen molar-refractivity contribution >= 4 is 5.91 Å². The van der Waals surface area contributed by atoms with E-state index in [1.165, 1.54) is 18.4 Å². The number of nitrogens with one attached hydrogen (secondary N) is 1. The number of aryl methyl sites for hydroxylation is 2. The maximum Gasteiger partial charge on any atom is 0.247 e. The molecule has 1 aromatic heterocycles. The van der Waals surface area contributed by atoms with Crippen LogP contribution in [0, 0.1) is 6.92 Å². The minimum atomic E-state index is 0.0288. The van der Waals surface area contributed by atoms with Crippen LogP contribution >= 0.6 is 0 Å². The molecule has 0 radical (unpaired) electrons. The summed E-state index contributed by atoms with van der Waals surface area (Å²) in [6.45, 7) is 7.17. The van der Waals surface area contributed by atoms with Crippen molar-refractivity contribution in [3.8, 4) is 11.5 Å². The Hall–Kier alpha value is -2.21. The summed E-state index contributed by atoms with van der Waals surface area (Å²) in [5.74, 6) is 1.03. The van der Waals surface area contributed by atoms with E-state index in [2.05, 4.69) is 27.3 Å². The van der Waals surface area contributed by atoms with Crippen LogP contribution in [0.3, 0.4) is 0 Å². The summed E-state index contributed by atoms with van der Waals surface area (Å²) in [4.78, 5) is 14.5. The molecule has 3 rings (SSSR count). The fourth-order valence-corrected chi connectivity index (χ4v) is 3.05. The number of hydrogen-bond acceptors (Lipinski definition) is 5. The van der Waals surface area contributed by atoms with Gasteiger partial charge in [0.2, 0.25) is 17.7 Å². The molecule has 1 saturated heterocycles. The molecule has 1 aromatic carbocycles. The van der Waals surface area contributed by atoms with E-state index in [0.29, 0.717) is 37.2 Å². The van der Waals surface area contributed by atoms with Crippen LogP contribution in [0.1, 0.15) is 37.6 Å². The van der Waals surface area contributed by atoms with Crippen LogP contribution in [0.4, 0.5) is 0 Å². The summed E-state index contributed by atoms with van der Waals surface area (Å²) in [6.07, 6.45) is 3.35. The molecule has 1 fully saturated rings. The molecule has 0 saturated carbocycles. The zero-order valence-corrected chi connectivity index (χ0v) is 15.0. The first-order chi connectivity index (χ1) is 12.1. The molecule has 1 N–H and O–H groups in total. The van der Waals surface area contributed by atoms with Gasteiger partial charge in [-0.25, -0.2) is 0 Å². The van der Waals surface area contributed by atoms with Crippen molar-refractivity contribution in [1.82, 2.24) is 20.4 Å². The van der Waals surface area contributed by atoms with E-state index < -0.39 is 0 Å². The zero-order chi connectivity index (χ0) is 17.6. The summed E-state index contributed by atoms with van der Waals surface area (Å²) in [7, 11) is 0. The van der Waals surface area contributed by atoms with Gasteiger partial charge in [0.15, 0.2) is 0 Å². The Bertz CT molecular complexity index is 690. The fourth-order valence-electron chi connectivity index (χ4n) is 3.05. The quantitative estimate of drug-likeness (QED) is 0.837. The second-order valence-electron chi connectivity index (χ2n) is 6.76. The monoisotopic (exact) mass is 342 g/mol. The largest absolute Gasteiger partial charge is 0.421 e. The minimum absolute atomic E-state index is 0.0288. The van der Waals surface area contributed by atoms with Crippen LogP contribution in [0.25, 0.3) is 11.5 Å². The number of benzene rings is 1. The van der Waals surface area contributed by atoms with Crippen molar-refractivity contribution in [1.29, 1.82) is 0 Å². The van der Waals surface area contributed by atoms with Crippen LogP contribution in [0.2, 0.25) is 0 Å². The highest BCUT2D eigenvalue weighted by atomic mass is 16.4. The van der Waals surface area contributed by atoms with Crippen LogP contribution in [0.15, 0.2) is 28.7 Å². The van der Waals surface area contributed by atoms with Crippen molar-refractivity contribution in [2.45, 2.75) is 45.6 Å². The Morgan fingerprint density at radius 2 is 1.96 bits per heavy atom. The third kappa shape index (κ3) is 4.89. The Labute approximate surface area is 148 Å². The number of amides is 1. The molecule has 1 aliphatic heterocycles. The van der Waals surface area contributed by atoms with E-state index in [-0.39, 0.29) is 5.91 Å². The highest BCUT2D eigenvalue weighted by molar-refractivity contribution is 5.76. The first-order valence-corrected chi connectivity index (χ1v) is 9.02. The van der Waals surface area contributed by atoms with E-state index in [1.54, 1.807) is 0 Å². The van der Waals surface area contributed by atoms with Crippen LogP contribution in [-0.2, 0) is 11.2 Å². The summed E-state index contributed by atoms with van der Waals surface area (Å²) in [5, 5.41) is 11.1. The molecular formula is C19H26N4O2. The lowest BCUT2D eigenvalue weighted by molar-refractivity contribution is -0.121. The van der Waals surface area contributed by atoms with Crippen LogP contribution in [0.5, 0.6) is 0 Å². The fraction of sp³-hybridized carbons (Fsp3) is 0.526. The van der Waals surface area contributed by atoms with Crippen LogP contribution in [-0.4, -0.2) is 46.7 Å². The van der Waals surface area contributed by atoms with E-state index >= 15 is 0 Å². The van der Waals surface area contributed by atoms with Gasteiger partial charge in [-0.05, 0) is 51.9 Å². The van der Waals surface area contributed by atoms with E-state index in [9.17, 15) is 4.79 Å².